The predicted octanol–water partition coefficient (Wildman–Crippen LogP) is 3.15. The van der Waals surface area contributed by atoms with Gasteiger partial charge in [-0.3, -0.25) is 9.78 Å². The lowest BCUT2D eigenvalue weighted by atomic mass is 10.1. The van der Waals surface area contributed by atoms with Gasteiger partial charge in [0.25, 0.3) is 0 Å². The zero-order chi connectivity index (χ0) is 13.8. The molecule has 0 spiro atoms. The van der Waals surface area contributed by atoms with E-state index in [1.165, 1.54) is 12.8 Å². The van der Waals surface area contributed by atoms with Gasteiger partial charge in [-0.2, -0.15) is 0 Å². The first-order valence-electron chi connectivity index (χ1n) is 7.09. The molecule has 1 aliphatic rings. The number of nitrogens with one attached hydrogen (secondary N) is 1. The third-order valence-electron chi connectivity index (χ3n) is 3.79. The Labute approximate surface area is 118 Å². The Morgan fingerprint density at radius 2 is 2.15 bits per heavy atom. The summed E-state index contributed by atoms with van der Waals surface area (Å²) in [5, 5.41) is 2.99. The average Bonchev–Trinajstić information content (AvgIpc) is 3.18. The average molecular weight is 270 g/mol. The summed E-state index contributed by atoms with van der Waals surface area (Å²) in [4.78, 5) is 16.3. The highest BCUT2D eigenvalue weighted by molar-refractivity contribution is 5.78. The lowest BCUT2D eigenvalue weighted by Gasteiger charge is -2.10. The quantitative estimate of drug-likeness (QED) is 0.928. The fraction of sp³-hybridized carbons (Fsp3) is 0.375. The summed E-state index contributed by atoms with van der Waals surface area (Å²) in [7, 11) is 0. The molecule has 0 aliphatic heterocycles. The van der Waals surface area contributed by atoms with Gasteiger partial charge in [-0.05, 0) is 36.6 Å². The van der Waals surface area contributed by atoms with Crippen molar-refractivity contribution in [1.29, 1.82) is 0 Å². The number of hydrogen-bond acceptors (Lipinski definition) is 3. The van der Waals surface area contributed by atoms with Crippen molar-refractivity contribution in [3.63, 3.8) is 0 Å². The van der Waals surface area contributed by atoms with Gasteiger partial charge >= 0.3 is 0 Å². The molecule has 1 N–H and O–H groups in total. The van der Waals surface area contributed by atoms with Crippen molar-refractivity contribution in [3.8, 4) is 11.5 Å². The lowest BCUT2D eigenvalue weighted by molar-refractivity contribution is -0.124. The maximum atomic E-state index is 11.9. The predicted molar refractivity (Wildman–Crippen MR) is 75.7 cm³/mol. The van der Waals surface area contributed by atoms with Crippen LogP contribution >= 0.6 is 0 Å². The zero-order valence-corrected chi connectivity index (χ0v) is 11.3. The molecule has 20 heavy (non-hydrogen) atoms. The van der Waals surface area contributed by atoms with E-state index in [0.29, 0.717) is 6.54 Å². The van der Waals surface area contributed by atoms with Crippen LogP contribution in [0.5, 0.6) is 0 Å². The molecule has 4 nitrogen and oxygen atoms in total. The minimum Gasteiger partial charge on any atom is -0.463 e. The Balaban J connectivity index is 1.57. The van der Waals surface area contributed by atoms with Gasteiger partial charge < -0.3 is 9.73 Å². The van der Waals surface area contributed by atoms with Crippen LogP contribution < -0.4 is 5.32 Å². The van der Waals surface area contributed by atoms with E-state index >= 15 is 0 Å². The van der Waals surface area contributed by atoms with Crippen molar-refractivity contribution in [3.05, 3.63) is 42.3 Å². The van der Waals surface area contributed by atoms with Crippen molar-refractivity contribution in [2.24, 2.45) is 5.92 Å². The molecule has 0 atom stereocenters. The van der Waals surface area contributed by atoms with Gasteiger partial charge in [-0.25, -0.2) is 0 Å². The number of carbonyl (C=O) groups excluding carboxylic acids is 1. The molecule has 0 unspecified atom stereocenters. The highest BCUT2D eigenvalue weighted by Crippen LogP contribution is 2.24. The number of hydrogen-bond donors (Lipinski definition) is 1. The van der Waals surface area contributed by atoms with Gasteiger partial charge in [0.05, 0.1) is 6.26 Å². The van der Waals surface area contributed by atoms with Crippen molar-refractivity contribution >= 4 is 5.91 Å². The Morgan fingerprint density at radius 3 is 2.80 bits per heavy atom. The Hall–Kier alpha value is -2.10. The van der Waals surface area contributed by atoms with Gasteiger partial charge in [0.1, 0.15) is 5.69 Å². The number of pyridine rings is 1. The minimum absolute atomic E-state index is 0.178. The lowest BCUT2D eigenvalue weighted by Crippen LogP contribution is -2.28. The van der Waals surface area contributed by atoms with E-state index in [1.807, 2.05) is 24.3 Å². The van der Waals surface area contributed by atoms with E-state index in [-0.39, 0.29) is 11.8 Å². The van der Waals surface area contributed by atoms with E-state index < -0.39 is 0 Å². The highest BCUT2D eigenvalue weighted by atomic mass is 16.3. The number of rotatable bonds is 4. The molecule has 2 heterocycles. The molecular weight excluding hydrogens is 252 g/mol. The van der Waals surface area contributed by atoms with Crippen LogP contribution in [0, 0.1) is 5.92 Å². The summed E-state index contributed by atoms with van der Waals surface area (Å²) in [5.41, 5.74) is 1.81. The smallest absolute Gasteiger partial charge is 0.223 e. The molecule has 0 saturated heterocycles. The third kappa shape index (κ3) is 2.90. The van der Waals surface area contributed by atoms with E-state index in [0.717, 1.165) is 29.9 Å². The normalized spacial score (nSPS) is 15.4. The molecule has 2 aromatic heterocycles. The van der Waals surface area contributed by atoms with Crippen LogP contribution in [0.15, 0.2) is 41.1 Å². The maximum absolute atomic E-state index is 11.9. The summed E-state index contributed by atoms with van der Waals surface area (Å²) in [6.45, 7) is 0.542. The second-order valence-corrected chi connectivity index (χ2v) is 5.23. The maximum Gasteiger partial charge on any atom is 0.223 e. The summed E-state index contributed by atoms with van der Waals surface area (Å²) < 4.78 is 5.29. The van der Waals surface area contributed by atoms with Crippen molar-refractivity contribution in [2.75, 3.05) is 0 Å². The van der Waals surface area contributed by atoms with Gasteiger partial charge in [0.15, 0.2) is 5.76 Å². The Bertz CT molecular complexity index is 555. The van der Waals surface area contributed by atoms with Gasteiger partial charge in [-0.1, -0.05) is 18.9 Å². The zero-order valence-electron chi connectivity index (χ0n) is 11.3. The molecule has 3 rings (SSSR count). The van der Waals surface area contributed by atoms with E-state index in [4.69, 9.17) is 4.42 Å². The molecule has 4 heteroatoms. The van der Waals surface area contributed by atoms with Crippen LogP contribution in [0.25, 0.3) is 11.5 Å². The fourth-order valence-electron chi connectivity index (χ4n) is 2.62. The molecule has 1 fully saturated rings. The highest BCUT2D eigenvalue weighted by Gasteiger charge is 2.22. The number of furan rings is 1. The monoisotopic (exact) mass is 270 g/mol. The summed E-state index contributed by atoms with van der Waals surface area (Å²) >= 11 is 0. The minimum atomic E-state index is 0.178. The Kier molecular flexibility index (Phi) is 3.81. The second kappa shape index (κ2) is 5.90. The first-order valence-corrected chi connectivity index (χ1v) is 7.09. The molecule has 0 bridgehead atoms. The number of aromatic nitrogens is 1. The molecule has 0 radical (unpaired) electrons. The number of amides is 1. The van der Waals surface area contributed by atoms with Crippen LogP contribution in [-0.2, 0) is 11.3 Å². The molecule has 2 aromatic rings. The molecular formula is C16H18N2O2. The second-order valence-electron chi connectivity index (χ2n) is 5.23. The number of nitrogens with zero attached hydrogens (tertiary/aromatic N) is 1. The van der Waals surface area contributed by atoms with E-state index in [2.05, 4.69) is 10.3 Å². The topological polar surface area (TPSA) is 55.1 Å². The van der Waals surface area contributed by atoms with Crippen LogP contribution in [0.1, 0.15) is 31.2 Å². The largest absolute Gasteiger partial charge is 0.463 e. The third-order valence-corrected chi connectivity index (χ3v) is 3.79. The van der Waals surface area contributed by atoms with Crippen molar-refractivity contribution in [2.45, 2.75) is 32.2 Å². The molecule has 0 aromatic carbocycles. The van der Waals surface area contributed by atoms with Gasteiger partial charge in [0.2, 0.25) is 5.91 Å². The fourth-order valence-corrected chi connectivity index (χ4v) is 2.62. The summed E-state index contributed by atoms with van der Waals surface area (Å²) in [6.07, 6.45) is 7.83. The molecule has 1 saturated carbocycles. The molecule has 104 valence electrons. The van der Waals surface area contributed by atoms with Crippen molar-refractivity contribution < 1.29 is 9.21 Å². The number of carbonyl (C=O) groups is 1. The standard InChI is InChI=1S/C16H18N2O2/c19-16(13-4-1-2-5-13)18-11-12-7-8-14(17-10-12)15-6-3-9-20-15/h3,6-10,13H,1-2,4-5,11H2,(H,18,19). The van der Waals surface area contributed by atoms with E-state index in [9.17, 15) is 4.79 Å². The van der Waals surface area contributed by atoms with Crippen LogP contribution in [0.3, 0.4) is 0 Å². The molecule has 1 aliphatic carbocycles. The first-order chi connectivity index (χ1) is 9.83. The SMILES string of the molecule is O=C(NCc1ccc(-c2ccco2)nc1)C1CCCC1. The van der Waals surface area contributed by atoms with E-state index in [1.54, 1.807) is 12.5 Å². The summed E-state index contributed by atoms with van der Waals surface area (Å²) in [5.74, 6) is 1.15. The van der Waals surface area contributed by atoms with Crippen LogP contribution in [-0.4, -0.2) is 10.9 Å². The van der Waals surface area contributed by atoms with Crippen molar-refractivity contribution in [1.82, 2.24) is 10.3 Å². The molecule has 1 amide bonds. The Morgan fingerprint density at radius 1 is 1.30 bits per heavy atom. The van der Waals surface area contributed by atoms with Gasteiger partial charge in [0, 0.05) is 18.7 Å². The first kappa shape index (κ1) is 12.9. The van der Waals surface area contributed by atoms with Crippen LogP contribution in [0.2, 0.25) is 0 Å². The van der Waals surface area contributed by atoms with Gasteiger partial charge in [-0.15, -0.1) is 0 Å². The summed E-state index contributed by atoms with van der Waals surface area (Å²) in [6, 6.07) is 7.60. The van der Waals surface area contributed by atoms with Crippen LogP contribution in [0.4, 0.5) is 0 Å².